The maximum Gasteiger partial charge on any atom is 0.229 e. The van der Waals surface area contributed by atoms with E-state index >= 15 is 0 Å². The van der Waals surface area contributed by atoms with Gasteiger partial charge in [-0.2, -0.15) is 0 Å². The molecular formula is C21H24N2O3. The second kappa shape index (κ2) is 8.04. The Morgan fingerprint density at radius 2 is 2.00 bits per heavy atom. The molecule has 5 heteroatoms. The molecule has 1 aliphatic heterocycles. The normalized spacial score (nSPS) is 16.6. The van der Waals surface area contributed by atoms with Gasteiger partial charge in [-0.15, -0.1) is 0 Å². The largest absolute Gasteiger partial charge is 0.494 e. The standard InChI is InChI=1S/C21H24N2O3/c1-3-11-26-19-9-7-18(8-10-19)23-14-16(13-20(23)24)21(25)22-17-6-4-5-15(2)12-17/h4-10,12,16H,3,11,13-14H2,1-2H3,(H,22,25)/t16-/m0/s1. The fraction of sp³-hybridized carbons (Fsp3) is 0.333. The van der Waals surface area contributed by atoms with Gasteiger partial charge in [0.25, 0.3) is 0 Å². The molecule has 1 heterocycles. The van der Waals surface area contributed by atoms with Crippen molar-refractivity contribution in [3.05, 3.63) is 54.1 Å². The van der Waals surface area contributed by atoms with Crippen LogP contribution in [0, 0.1) is 12.8 Å². The number of carbonyl (C=O) groups is 2. The number of ether oxygens (including phenoxy) is 1. The minimum absolute atomic E-state index is 0.0309. The van der Waals surface area contributed by atoms with Crippen LogP contribution in [0.3, 0.4) is 0 Å². The Balaban J connectivity index is 1.63. The van der Waals surface area contributed by atoms with Crippen molar-refractivity contribution in [1.29, 1.82) is 0 Å². The topological polar surface area (TPSA) is 58.6 Å². The number of nitrogens with zero attached hydrogens (tertiary/aromatic N) is 1. The molecule has 1 atom stereocenters. The highest BCUT2D eigenvalue weighted by Crippen LogP contribution is 2.27. The SMILES string of the molecule is CCCOc1ccc(N2C[C@@H](C(=O)Nc3cccc(C)c3)CC2=O)cc1. The lowest BCUT2D eigenvalue weighted by Crippen LogP contribution is -2.28. The highest BCUT2D eigenvalue weighted by atomic mass is 16.5. The third-order valence-electron chi connectivity index (χ3n) is 4.40. The Kier molecular flexibility index (Phi) is 5.56. The van der Waals surface area contributed by atoms with Crippen LogP contribution in [0.25, 0.3) is 0 Å². The summed E-state index contributed by atoms with van der Waals surface area (Å²) < 4.78 is 5.57. The molecule has 0 unspecified atom stereocenters. The fourth-order valence-electron chi connectivity index (χ4n) is 3.04. The number of nitrogens with one attached hydrogen (secondary N) is 1. The molecule has 1 saturated heterocycles. The van der Waals surface area contributed by atoms with Crippen molar-refractivity contribution in [3.8, 4) is 5.75 Å². The highest BCUT2D eigenvalue weighted by Gasteiger charge is 2.35. The molecule has 26 heavy (non-hydrogen) atoms. The molecule has 0 aliphatic carbocycles. The van der Waals surface area contributed by atoms with Crippen molar-refractivity contribution in [2.24, 2.45) is 5.92 Å². The molecule has 2 aromatic carbocycles. The zero-order valence-electron chi connectivity index (χ0n) is 15.2. The van der Waals surface area contributed by atoms with E-state index in [0.29, 0.717) is 13.2 Å². The second-order valence-corrected chi connectivity index (χ2v) is 6.61. The Labute approximate surface area is 154 Å². The predicted octanol–water partition coefficient (Wildman–Crippen LogP) is 3.78. The van der Waals surface area contributed by atoms with Crippen LogP contribution < -0.4 is 15.0 Å². The van der Waals surface area contributed by atoms with Crippen LogP contribution in [0.15, 0.2) is 48.5 Å². The van der Waals surface area contributed by atoms with Crippen molar-refractivity contribution in [1.82, 2.24) is 0 Å². The molecule has 136 valence electrons. The van der Waals surface area contributed by atoms with E-state index in [9.17, 15) is 9.59 Å². The van der Waals surface area contributed by atoms with Gasteiger partial charge in [0, 0.05) is 24.3 Å². The van der Waals surface area contributed by atoms with Crippen molar-refractivity contribution in [2.75, 3.05) is 23.4 Å². The molecule has 1 fully saturated rings. The quantitative estimate of drug-likeness (QED) is 0.861. The minimum atomic E-state index is -0.348. The first kappa shape index (κ1) is 18.0. The van der Waals surface area contributed by atoms with E-state index in [4.69, 9.17) is 4.74 Å². The Hall–Kier alpha value is -2.82. The maximum atomic E-state index is 12.5. The molecule has 2 amide bonds. The van der Waals surface area contributed by atoms with E-state index in [1.807, 2.05) is 55.5 Å². The number of benzene rings is 2. The van der Waals surface area contributed by atoms with Crippen molar-refractivity contribution in [2.45, 2.75) is 26.7 Å². The van der Waals surface area contributed by atoms with Gasteiger partial charge in [-0.1, -0.05) is 19.1 Å². The summed E-state index contributed by atoms with van der Waals surface area (Å²) in [6.45, 7) is 5.10. The predicted molar refractivity (Wildman–Crippen MR) is 102 cm³/mol. The van der Waals surface area contributed by atoms with Gasteiger partial charge in [0.05, 0.1) is 12.5 Å². The molecule has 0 bridgehead atoms. The number of amides is 2. The van der Waals surface area contributed by atoms with Crippen LogP contribution in [-0.4, -0.2) is 25.0 Å². The average molecular weight is 352 g/mol. The van der Waals surface area contributed by atoms with Crippen LogP contribution in [0.2, 0.25) is 0 Å². The maximum absolute atomic E-state index is 12.5. The average Bonchev–Trinajstić information content (AvgIpc) is 3.02. The van der Waals surface area contributed by atoms with E-state index in [2.05, 4.69) is 12.2 Å². The van der Waals surface area contributed by atoms with Crippen molar-refractivity contribution in [3.63, 3.8) is 0 Å². The van der Waals surface area contributed by atoms with E-state index < -0.39 is 0 Å². The van der Waals surface area contributed by atoms with E-state index in [-0.39, 0.29) is 24.2 Å². The van der Waals surface area contributed by atoms with Gasteiger partial charge in [0.15, 0.2) is 0 Å². The van der Waals surface area contributed by atoms with Crippen LogP contribution in [0.1, 0.15) is 25.3 Å². The summed E-state index contributed by atoms with van der Waals surface area (Å²) in [5.41, 5.74) is 2.64. The first-order valence-electron chi connectivity index (χ1n) is 8.97. The molecule has 1 aliphatic rings. The lowest BCUT2D eigenvalue weighted by molar-refractivity contribution is -0.122. The smallest absolute Gasteiger partial charge is 0.229 e. The zero-order valence-corrected chi connectivity index (χ0v) is 15.2. The van der Waals surface area contributed by atoms with E-state index in [0.717, 1.165) is 29.1 Å². The summed E-state index contributed by atoms with van der Waals surface area (Å²) >= 11 is 0. The van der Waals surface area contributed by atoms with Gasteiger partial charge >= 0.3 is 0 Å². The first-order chi connectivity index (χ1) is 12.6. The molecule has 0 saturated carbocycles. The molecule has 5 nitrogen and oxygen atoms in total. The first-order valence-corrected chi connectivity index (χ1v) is 8.97. The fourth-order valence-corrected chi connectivity index (χ4v) is 3.04. The van der Waals surface area contributed by atoms with Gasteiger partial charge in [0.1, 0.15) is 5.75 Å². The Morgan fingerprint density at radius 1 is 1.23 bits per heavy atom. The lowest BCUT2D eigenvalue weighted by atomic mass is 10.1. The van der Waals surface area contributed by atoms with Gasteiger partial charge in [-0.05, 0) is 55.3 Å². The molecule has 2 aromatic rings. The summed E-state index contributed by atoms with van der Waals surface area (Å²) in [7, 11) is 0. The Morgan fingerprint density at radius 3 is 2.69 bits per heavy atom. The lowest BCUT2D eigenvalue weighted by Gasteiger charge is -2.17. The van der Waals surface area contributed by atoms with E-state index in [1.165, 1.54) is 0 Å². The molecular weight excluding hydrogens is 328 g/mol. The third kappa shape index (κ3) is 4.23. The van der Waals surface area contributed by atoms with Crippen LogP contribution in [0.4, 0.5) is 11.4 Å². The monoisotopic (exact) mass is 352 g/mol. The van der Waals surface area contributed by atoms with Crippen molar-refractivity contribution >= 4 is 23.2 Å². The van der Waals surface area contributed by atoms with Gasteiger partial charge in [-0.25, -0.2) is 0 Å². The molecule has 0 radical (unpaired) electrons. The van der Waals surface area contributed by atoms with Crippen LogP contribution in [-0.2, 0) is 9.59 Å². The number of anilines is 2. The zero-order chi connectivity index (χ0) is 18.5. The third-order valence-corrected chi connectivity index (χ3v) is 4.40. The minimum Gasteiger partial charge on any atom is -0.494 e. The van der Waals surface area contributed by atoms with Crippen molar-refractivity contribution < 1.29 is 14.3 Å². The van der Waals surface area contributed by atoms with Crippen LogP contribution >= 0.6 is 0 Å². The molecule has 1 N–H and O–H groups in total. The van der Waals surface area contributed by atoms with Gasteiger partial charge in [-0.3, -0.25) is 9.59 Å². The summed E-state index contributed by atoms with van der Waals surface area (Å²) in [6, 6.07) is 15.1. The van der Waals surface area contributed by atoms with Crippen LogP contribution in [0.5, 0.6) is 5.75 Å². The number of hydrogen-bond donors (Lipinski definition) is 1. The number of carbonyl (C=O) groups excluding carboxylic acids is 2. The molecule has 0 spiro atoms. The molecule has 0 aromatic heterocycles. The second-order valence-electron chi connectivity index (χ2n) is 6.61. The van der Waals surface area contributed by atoms with Gasteiger partial charge in [0.2, 0.25) is 11.8 Å². The summed E-state index contributed by atoms with van der Waals surface area (Å²) in [5.74, 6) is 0.293. The number of rotatable bonds is 6. The summed E-state index contributed by atoms with van der Waals surface area (Å²) in [5, 5.41) is 2.91. The number of aryl methyl sites for hydroxylation is 1. The Bertz CT molecular complexity index is 786. The highest BCUT2D eigenvalue weighted by molar-refractivity contribution is 6.03. The summed E-state index contributed by atoms with van der Waals surface area (Å²) in [4.78, 5) is 26.5. The number of hydrogen-bond acceptors (Lipinski definition) is 3. The van der Waals surface area contributed by atoms with E-state index in [1.54, 1.807) is 4.90 Å². The summed E-state index contributed by atoms with van der Waals surface area (Å²) in [6.07, 6.45) is 1.18. The van der Waals surface area contributed by atoms with Gasteiger partial charge < -0.3 is 15.0 Å². The molecule has 3 rings (SSSR count).